The normalized spacial score (nSPS) is 21.3. The van der Waals surface area contributed by atoms with Crippen LogP contribution in [0, 0.1) is 0 Å². The number of hydrogen-bond donors (Lipinski definition) is 0. The van der Waals surface area contributed by atoms with E-state index in [0.29, 0.717) is 0 Å². The molecule has 0 saturated heterocycles. The van der Waals surface area contributed by atoms with Gasteiger partial charge in [0, 0.05) is 0 Å². The molecule has 0 aromatic rings. The van der Waals surface area contributed by atoms with Crippen LogP contribution in [0.25, 0.3) is 0 Å². The number of aliphatic imine (C=N–C) groups is 1. The van der Waals surface area contributed by atoms with Gasteiger partial charge >= 0.3 is 0 Å². The summed E-state index contributed by atoms with van der Waals surface area (Å²) < 4.78 is 0. The minimum absolute atomic E-state index is 0.844. The average Bonchev–Trinajstić information content (AvgIpc) is 2.33. The number of fused-ring (bicyclic) bond motifs is 1. The van der Waals surface area contributed by atoms with Crippen molar-refractivity contribution in [3.8, 4) is 0 Å². The Bertz CT molecular complexity index is 241. The molecule has 9 heavy (non-hydrogen) atoms. The van der Waals surface area contributed by atoms with Gasteiger partial charge in [0.15, 0.2) is 0 Å². The van der Waals surface area contributed by atoms with E-state index >= 15 is 0 Å². The van der Waals surface area contributed by atoms with Gasteiger partial charge in [-0.25, -0.2) is 0 Å². The molecule has 0 bridgehead atoms. The summed E-state index contributed by atoms with van der Waals surface area (Å²) in [6, 6.07) is 0. The highest BCUT2D eigenvalue weighted by atomic mass is 14.7. The molecular weight excluding hydrogens is 110 g/mol. The summed E-state index contributed by atoms with van der Waals surface area (Å²) in [5.41, 5.74) is 2.39. The highest BCUT2D eigenvalue weighted by molar-refractivity contribution is 6.13. The molecule has 1 aliphatic heterocycles. The Balaban J connectivity index is 2.46. The largest absolute Gasteiger partial charge is 0.281 e. The topological polar surface area (TPSA) is 12.4 Å². The van der Waals surface area contributed by atoms with Gasteiger partial charge in [0.25, 0.3) is 0 Å². The van der Waals surface area contributed by atoms with Crippen LogP contribution in [0.5, 0.6) is 0 Å². The fraction of sp³-hybridized carbons (Fsp3) is 0.125. The first kappa shape index (κ1) is 4.74. The lowest BCUT2D eigenvalue weighted by Gasteiger charge is -2.01. The van der Waals surface area contributed by atoms with Crippen LogP contribution in [0.4, 0.5) is 0 Å². The summed E-state index contributed by atoms with van der Waals surface area (Å²) in [5, 5.41) is 0. The third-order valence-electron chi connectivity index (χ3n) is 1.49. The molecule has 0 aromatic heterocycles. The summed E-state index contributed by atoms with van der Waals surface area (Å²) in [6.07, 6.45) is 10.3. The summed E-state index contributed by atoms with van der Waals surface area (Å²) in [6.45, 7) is 0.844. The maximum Gasteiger partial charge on any atom is 0.0650 e. The zero-order chi connectivity index (χ0) is 6.10. The van der Waals surface area contributed by atoms with Crippen molar-refractivity contribution in [3.05, 3.63) is 36.0 Å². The Morgan fingerprint density at radius 2 is 2.33 bits per heavy atom. The molecule has 0 spiro atoms. The molecule has 0 fully saturated rings. The van der Waals surface area contributed by atoms with Crippen LogP contribution in [-0.4, -0.2) is 12.3 Å². The Morgan fingerprint density at radius 1 is 1.33 bits per heavy atom. The average molecular weight is 117 g/mol. The lowest BCUT2D eigenvalue weighted by molar-refractivity contribution is 1.22. The first-order chi connectivity index (χ1) is 4.47. The fourth-order valence-electron chi connectivity index (χ4n) is 1.04. The van der Waals surface area contributed by atoms with Gasteiger partial charge in [0.1, 0.15) is 0 Å². The second kappa shape index (κ2) is 1.69. The number of allylic oxidation sites excluding steroid dienone is 5. The van der Waals surface area contributed by atoms with Crippen LogP contribution in [-0.2, 0) is 0 Å². The minimum Gasteiger partial charge on any atom is -0.281 e. The van der Waals surface area contributed by atoms with Crippen molar-refractivity contribution >= 4 is 5.71 Å². The molecule has 1 nitrogen and oxygen atoms in total. The lowest BCUT2D eigenvalue weighted by Crippen LogP contribution is -1.98. The Kier molecular flexibility index (Phi) is 0.890. The highest BCUT2D eigenvalue weighted by Gasteiger charge is 2.05. The van der Waals surface area contributed by atoms with Crippen molar-refractivity contribution in [2.75, 3.05) is 6.54 Å². The van der Waals surface area contributed by atoms with Crippen LogP contribution in [0.1, 0.15) is 0 Å². The molecular formula is C8H7N. The van der Waals surface area contributed by atoms with E-state index in [1.54, 1.807) is 0 Å². The van der Waals surface area contributed by atoms with Crippen molar-refractivity contribution < 1.29 is 0 Å². The third-order valence-corrected chi connectivity index (χ3v) is 1.49. The summed E-state index contributed by atoms with van der Waals surface area (Å²) in [4.78, 5) is 4.27. The third kappa shape index (κ3) is 0.653. The first-order valence-corrected chi connectivity index (χ1v) is 3.06. The molecule has 1 aliphatic carbocycles. The van der Waals surface area contributed by atoms with Crippen LogP contribution >= 0.6 is 0 Å². The molecule has 2 aliphatic rings. The van der Waals surface area contributed by atoms with E-state index in [-0.39, 0.29) is 0 Å². The van der Waals surface area contributed by atoms with Crippen molar-refractivity contribution in [3.63, 3.8) is 0 Å². The quantitative estimate of drug-likeness (QED) is 0.456. The molecule has 0 saturated carbocycles. The van der Waals surface area contributed by atoms with E-state index in [9.17, 15) is 0 Å². The fourth-order valence-corrected chi connectivity index (χ4v) is 1.04. The van der Waals surface area contributed by atoms with Gasteiger partial charge in [-0.15, -0.1) is 0 Å². The van der Waals surface area contributed by atoms with Crippen molar-refractivity contribution in [2.45, 2.75) is 0 Å². The monoisotopic (exact) mass is 117 g/mol. The smallest absolute Gasteiger partial charge is 0.0650 e. The minimum atomic E-state index is 0.844. The summed E-state index contributed by atoms with van der Waals surface area (Å²) >= 11 is 0. The summed E-state index contributed by atoms with van der Waals surface area (Å²) in [5.74, 6) is 0. The Morgan fingerprint density at radius 3 is 3.22 bits per heavy atom. The van der Waals surface area contributed by atoms with Crippen LogP contribution in [0.3, 0.4) is 0 Å². The number of dihydropyridines is 1. The van der Waals surface area contributed by atoms with E-state index in [0.717, 1.165) is 12.3 Å². The van der Waals surface area contributed by atoms with E-state index in [4.69, 9.17) is 0 Å². The van der Waals surface area contributed by atoms with Gasteiger partial charge in [0.2, 0.25) is 0 Å². The predicted molar refractivity (Wildman–Crippen MR) is 38.7 cm³/mol. The SMILES string of the molecule is C1=CC2=NCC=CC2=C1. The maximum absolute atomic E-state index is 4.27. The predicted octanol–water partition coefficient (Wildman–Crippen LogP) is 1.49. The molecule has 0 atom stereocenters. The molecule has 0 aromatic carbocycles. The number of nitrogens with zero attached hydrogens (tertiary/aromatic N) is 1. The van der Waals surface area contributed by atoms with Gasteiger partial charge in [-0.1, -0.05) is 24.3 Å². The second-order valence-electron chi connectivity index (χ2n) is 2.11. The zero-order valence-electron chi connectivity index (χ0n) is 5.04. The van der Waals surface area contributed by atoms with E-state index < -0.39 is 0 Å². The van der Waals surface area contributed by atoms with Crippen molar-refractivity contribution in [2.24, 2.45) is 4.99 Å². The van der Waals surface area contributed by atoms with E-state index in [1.165, 1.54) is 5.57 Å². The first-order valence-electron chi connectivity index (χ1n) is 3.06. The van der Waals surface area contributed by atoms with Crippen molar-refractivity contribution in [1.29, 1.82) is 0 Å². The van der Waals surface area contributed by atoms with Crippen molar-refractivity contribution in [1.82, 2.24) is 0 Å². The molecule has 0 unspecified atom stereocenters. The molecule has 44 valence electrons. The van der Waals surface area contributed by atoms with Crippen LogP contribution in [0.15, 0.2) is 40.9 Å². The Hall–Kier alpha value is -1.11. The number of hydrogen-bond acceptors (Lipinski definition) is 1. The summed E-state index contributed by atoms with van der Waals surface area (Å²) in [7, 11) is 0. The highest BCUT2D eigenvalue weighted by Crippen LogP contribution is 2.12. The van der Waals surface area contributed by atoms with Gasteiger partial charge in [-0.2, -0.15) is 0 Å². The maximum atomic E-state index is 4.27. The van der Waals surface area contributed by atoms with Gasteiger partial charge in [-0.05, 0) is 11.6 Å². The van der Waals surface area contributed by atoms with Gasteiger partial charge in [-0.3, -0.25) is 4.99 Å². The molecule has 0 amide bonds. The molecule has 1 heteroatoms. The lowest BCUT2D eigenvalue weighted by atomic mass is 10.1. The van der Waals surface area contributed by atoms with Gasteiger partial charge < -0.3 is 0 Å². The van der Waals surface area contributed by atoms with E-state index in [2.05, 4.69) is 23.2 Å². The Labute approximate surface area is 54.1 Å². The zero-order valence-corrected chi connectivity index (χ0v) is 5.04. The molecule has 1 heterocycles. The van der Waals surface area contributed by atoms with Crippen LogP contribution in [0.2, 0.25) is 0 Å². The second-order valence-corrected chi connectivity index (χ2v) is 2.11. The van der Waals surface area contributed by atoms with Crippen LogP contribution < -0.4 is 0 Å². The molecule has 2 rings (SSSR count). The molecule has 0 N–H and O–H groups in total. The van der Waals surface area contributed by atoms with Gasteiger partial charge in [0.05, 0.1) is 12.3 Å². The molecule has 0 radical (unpaired) electrons. The standard InChI is InChI=1S/C8H7N/c1-3-7-4-2-6-9-8(7)5-1/h1-5H,6H2. The number of rotatable bonds is 0. The van der Waals surface area contributed by atoms with E-state index in [1.807, 2.05) is 12.2 Å².